The molecule has 2 amide bonds. The van der Waals surface area contributed by atoms with Gasteiger partial charge in [0.05, 0.1) is 18.8 Å². The van der Waals surface area contributed by atoms with Crippen LogP contribution in [0.4, 0.5) is 11.4 Å². The van der Waals surface area contributed by atoms with E-state index in [1.807, 2.05) is 49.4 Å². The number of ether oxygens (including phenoxy) is 1. The first-order valence-corrected chi connectivity index (χ1v) is 14.4. The van der Waals surface area contributed by atoms with Crippen molar-refractivity contribution >= 4 is 23.2 Å². The van der Waals surface area contributed by atoms with Crippen molar-refractivity contribution in [2.45, 2.75) is 26.2 Å². The van der Waals surface area contributed by atoms with Gasteiger partial charge in [-0.3, -0.25) is 14.5 Å². The fourth-order valence-corrected chi connectivity index (χ4v) is 5.67. The number of aryl methyl sites for hydroxylation is 1. The van der Waals surface area contributed by atoms with E-state index in [0.717, 1.165) is 76.5 Å². The van der Waals surface area contributed by atoms with Gasteiger partial charge < -0.3 is 20.3 Å². The van der Waals surface area contributed by atoms with Crippen LogP contribution in [0.2, 0.25) is 0 Å². The minimum absolute atomic E-state index is 0.110. The van der Waals surface area contributed by atoms with Gasteiger partial charge in [0.25, 0.3) is 11.8 Å². The maximum atomic E-state index is 13.5. The lowest BCUT2D eigenvalue weighted by Gasteiger charge is -2.35. The number of hydrogen-bond donors (Lipinski definition) is 2. The highest BCUT2D eigenvalue weighted by Crippen LogP contribution is 2.30. The Morgan fingerprint density at radius 1 is 0.850 bits per heavy atom. The van der Waals surface area contributed by atoms with E-state index in [9.17, 15) is 9.59 Å². The summed E-state index contributed by atoms with van der Waals surface area (Å²) in [6.45, 7) is 8.34. The molecular formula is C33H40N4O3. The molecule has 2 fully saturated rings. The van der Waals surface area contributed by atoms with Crippen molar-refractivity contribution in [1.82, 2.24) is 10.2 Å². The summed E-state index contributed by atoms with van der Waals surface area (Å²) in [4.78, 5) is 31.2. The van der Waals surface area contributed by atoms with Crippen molar-refractivity contribution in [3.05, 3.63) is 95.1 Å². The zero-order valence-corrected chi connectivity index (χ0v) is 23.4. The minimum atomic E-state index is -0.175. The lowest BCUT2D eigenvalue weighted by Crippen LogP contribution is -2.41. The summed E-state index contributed by atoms with van der Waals surface area (Å²) in [5, 5.41) is 6.13. The molecule has 5 rings (SSSR count). The number of anilines is 2. The Morgan fingerprint density at radius 2 is 1.57 bits per heavy atom. The van der Waals surface area contributed by atoms with E-state index in [1.165, 1.54) is 5.56 Å². The average molecular weight is 541 g/mol. The van der Waals surface area contributed by atoms with E-state index in [2.05, 4.69) is 50.8 Å². The van der Waals surface area contributed by atoms with Crippen LogP contribution in [0.5, 0.6) is 0 Å². The first kappa shape index (κ1) is 27.9. The van der Waals surface area contributed by atoms with Gasteiger partial charge in [0, 0.05) is 56.2 Å². The van der Waals surface area contributed by atoms with Crippen LogP contribution in [0.25, 0.3) is 0 Å². The van der Waals surface area contributed by atoms with Crippen molar-refractivity contribution in [2.75, 3.05) is 62.7 Å². The maximum absolute atomic E-state index is 13.5. The number of hydrogen-bond acceptors (Lipinski definition) is 5. The predicted molar refractivity (Wildman–Crippen MR) is 160 cm³/mol. The number of rotatable bonds is 9. The van der Waals surface area contributed by atoms with Gasteiger partial charge in [-0.25, -0.2) is 0 Å². The lowest BCUT2D eigenvalue weighted by molar-refractivity contribution is 0.0383. The number of nitrogens with one attached hydrogen (secondary N) is 2. The lowest BCUT2D eigenvalue weighted by atomic mass is 9.89. The van der Waals surface area contributed by atoms with E-state index in [-0.39, 0.29) is 11.8 Å². The highest BCUT2D eigenvalue weighted by molar-refractivity contribution is 6.07. The second kappa shape index (κ2) is 13.6. The molecule has 2 aliphatic rings. The monoisotopic (exact) mass is 540 g/mol. The molecule has 0 radical (unpaired) electrons. The Kier molecular flexibility index (Phi) is 9.47. The van der Waals surface area contributed by atoms with Crippen LogP contribution in [0.3, 0.4) is 0 Å². The van der Waals surface area contributed by atoms with Crippen molar-refractivity contribution in [2.24, 2.45) is 5.92 Å². The molecule has 2 N–H and O–H groups in total. The second-order valence-corrected chi connectivity index (χ2v) is 10.8. The fourth-order valence-electron chi connectivity index (χ4n) is 5.67. The summed E-state index contributed by atoms with van der Waals surface area (Å²) in [5.74, 6) is 0.352. The van der Waals surface area contributed by atoms with E-state index >= 15 is 0 Å². The maximum Gasteiger partial charge on any atom is 0.255 e. The SMILES string of the molecule is Cc1ccccc1C(=O)Nc1ccc(N2CCC(Cc3ccccc3)CC2)c(C(=O)NCCN2CCOCC2)c1. The third-order valence-corrected chi connectivity index (χ3v) is 8.03. The molecule has 7 nitrogen and oxygen atoms in total. The molecule has 0 aliphatic carbocycles. The van der Waals surface area contributed by atoms with Gasteiger partial charge >= 0.3 is 0 Å². The molecule has 0 spiro atoms. The Labute approximate surface area is 237 Å². The predicted octanol–water partition coefficient (Wildman–Crippen LogP) is 4.77. The first-order valence-electron chi connectivity index (χ1n) is 14.4. The number of morpholine rings is 1. The van der Waals surface area contributed by atoms with Gasteiger partial charge in [-0.05, 0) is 67.5 Å². The van der Waals surface area contributed by atoms with Gasteiger partial charge in [0.2, 0.25) is 0 Å². The quantitative estimate of drug-likeness (QED) is 0.409. The zero-order valence-electron chi connectivity index (χ0n) is 23.4. The second-order valence-electron chi connectivity index (χ2n) is 10.8. The van der Waals surface area contributed by atoms with Crippen LogP contribution in [-0.2, 0) is 11.2 Å². The summed E-state index contributed by atoms with van der Waals surface area (Å²) in [6, 6.07) is 23.9. The van der Waals surface area contributed by atoms with E-state index in [4.69, 9.17) is 4.74 Å². The number of carbonyl (C=O) groups excluding carboxylic acids is 2. The Morgan fingerprint density at radius 3 is 2.33 bits per heavy atom. The van der Waals surface area contributed by atoms with E-state index < -0.39 is 0 Å². The number of piperidine rings is 1. The Hall–Kier alpha value is -3.68. The topological polar surface area (TPSA) is 73.9 Å². The van der Waals surface area contributed by atoms with Crippen molar-refractivity contribution < 1.29 is 14.3 Å². The first-order chi connectivity index (χ1) is 19.6. The molecule has 0 bridgehead atoms. The number of amides is 2. The Bertz CT molecular complexity index is 1280. The van der Waals surface area contributed by atoms with Crippen LogP contribution in [0.15, 0.2) is 72.8 Å². The standard InChI is InChI=1S/C33H40N4O3/c1-25-7-5-6-10-29(25)33(39)35-28-11-12-31(30(24-28)32(38)34-15-18-36-19-21-40-22-20-36)37-16-13-27(14-17-37)23-26-8-3-2-4-9-26/h2-12,24,27H,13-23H2,1H3,(H,34,38)(H,35,39). The van der Waals surface area contributed by atoms with Crippen LogP contribution < -0.4 is 15.5 Å². The van der Waals surface area contributed by atoms with Crippen molar-refractivity contribution in [1.29, 1.82) is 0 Å². The Balaban J connectivity index is 1.29. The zero-order chi connectivity index (χ0) is 27.7. The van der Waals surface area contributed by atoms with Crippen LogP contribution in [0, 0.1) is 12.8 Å². The van der Waals surface area contributed by atoms with Crippen molar-refractivity contribution in [3.8, 4) is 0 Å². The molecule has 2 saturated heterocycles. The van der Waals surface area contributed by atoms with Gasteiger partial charge in [-0.1, -0.05) is 48.5 Å². The number of benzene rings is 3. The normalized spacial score (nSPS) is 16.5. The molecule has 3 aromatic carbocycles. The van der Waals surface area contributed by atoms with Gasteiger partial charge in [0.1, 0.15) is 0 Å². The molecular weight excluding hydrogens is 500 g/mol. The van der Waals surface area contributed by atoms with Crippen LogP contribution in [0.1, 0.15) is 44.7 Å². The molecule has 210 valence electrons. The number of nitrogens with zero attached hydrogens (tertiary/aromatic N) is 2. The van der Waals surface area contributed by atoms with Gasteiger partial charge in [-0.2, -0.15) is 0 Å². The van der Waals surface area contributed by atoms with E-state index in [0.29, 0.717) is 29.3 Å². The fraction of sp³-hybridized carbons (Fsp3) is 0.394. The largest absolute Gasteiger partial charge is 0.379 e. The summed E-state index contributed by atoms with van der Waals surface area (Å²) in [5.41, 5.74) is 5.07. The van der Waals surface area contributed by atoms with Crippen LogP contribution in [-0.4, -0.2) is 69.2 Å². The smallest absolute Gasteiger partial charge is 0.255 e. The third-order valence-electron chi connectivity index (χ3n) is 8.03. The molecule has 2 aliphatic heterocycles. The summed E-state index contributed by atoms with van der Waals surface area (Å²) in [6.07, 6.45) is 3.25. The highest BCUT2D eigenvalue weighted by atomic mass is 16.5. The average Bonchev–Trinajstić information content (AvgIpc) is 2.99. The molecule has 0 atom stereocenters. The number of carbonyl (C=O) groups is 2. The molecule has 0 aromatic heterocycles. The van der Waals surface area contributed by atoms with Crippen LogP contribution >= 0.6 is 0 Å². The summed E-state index contributed by atoms with van der Waals surface area (Å²) >= 11 is 0. The highest BCUT2D eigenvalue weighted by Gasteiger charge is 2.24. The third kappa shape index (κ3) is 7.29. The summed E-state index contributed by atoms with van der Waals surface area (Å²) < 4.78 is 5.44. The van der Waals surface area contributed by atoms with E-state index in [1.54, 1.807) is 0 Å². The minimum Gasteiger partial charge on any atom is -0.379 e. The molecule has 3 aromatic rings. The molecule has 40 heavy (non-hydrogen) atoms. The summed E-state index contributed by atoms with van der Waals surface area (Å²) in [7, 11) is 0. The van der Waals surface area contributed by atoms with Crippen molar-refractivity contribution in [3.63, 3.8) is 0 Å². The molecule has 7 heteroatoms. The van der Waals surface area contributed by atoms with Gasteiger partial charge in [-0.15, -0.1) is 0 Å². The molecule has 0 unspecified atom stereocenters. The molecule has 2 heterocycles. The van der Waals surface area contributed by atoms with Gasteiger partial charge in [0.15, 0.2) is 0 Å². The molecule has 0 saturated carbocycles.